The Hall–Kier alpha value is -1.37. The number of rotatable bonds is 1. The number of hydrogen-bond donors (Lipinski definition) is 0. The number of fused-ring (bicyclic) bond motifs is 1. The third kappa shape index (κ3) is 1.74. The van der Waals surface area contributed by atoms with Crippen molar-refractivity contribution in [3.63, 3.8) is 0 Å². The van der Waals surface area contributed by atoms with Gasteiger partial charge in [0.05, 0.1) is 0 Å². The third-order valence-electron chi connectivity index (χ3n) is 4.45. The van der Waals surface area contributed by atoms with Gasteiger partial charge in [-0.25, -0.2) is 0 Å². The van der Waals surface area contributed by atoms with Gasteiger partial charge in [0, 0.05) is 11.8 Å². The van der Waals surface area contributed by atoms with Crippen LogP contribution >= 0.6 is 0 Å². The van der Waals surface area contributed by atoms with E-state index in [0.717, 1.165) is 6.42 Å². The molecule has 0 amide bonds. The van der Waals surface area contributed by atoms with E-state index in [-0.39, 0.29) is 5.41 Å². The van der Waals surface area contributed by atoms with Gasteiger partial charge in [0.1, 0.15) is 0 Å². The highest BCUT2D eigenvalue weighted by molar-refractivity contribution is 5.91. The first kappa shape index (κ1) is 10.8. The zero-order valence-electron chi connectivity index (χ0n) is 10.1. The molecule has 0 unspecified atom stereocenters. The van der Waals surface area contributed by atoms with Gasteiger partial charge in [0.2, 0.25) is 0 Å². The van der Waals surface area contributed by atoms with E-state index in [9.17, 15) is 4.79 Å². The van der Waals surface area contributed by atoms with Crippen LogP contribution in [0.15, 0.2) is 42.5 Å². The molecule has 1 aromatic rings. The largest absolute Gasteiger partial charge is 0.295 e. The lowest BCUT2D eigenvalue weighted by Crippen LogP contribution is -2.39. The Labute approximate surface area is 103 Å². The molecule has 1 fully saturated rings. The molecule has 2 atom stereocenters. The summed E-state index contributed by atoms with van der Waals surface area (Å²) < 4.78 is 0. The molecule has 0 spiro atoms. The Balaban J connectivity index is 2.07. The maximum atomic E-state index is 11.6. The van der Waals surface area contributed by atoms with Crippen molar-refractivity contribution in [2.24, 2.45) is 5.92 Å². The molecule has 3 rings (SSSR count). The Morgan fingerprint density at radius 3 is 2.76 bits per heavy atom. The van der Waals surface area contributed by atoms with Crippen LogP contribution in [0.3, 0.4) is 0 Å². The van der Waals surface area contributed by atoms with Crippen LogP contribution in [0.4, 0.5) is 0 Å². The SMILES string of the molecule is O=C1C=C[C@]2(c3ccccc3)CCCC[C@H]2C1. The molecule has 1 saturated carbocycles. The van der Waals surface area contributed by atoms with Crippen LogP contribution in [0.25, 0.3) is 0 Å². The molecule has 0 aliphatic heterocycles. The lowest BCUT2D eigenvalue weighted by atomic mass is 9.59. The Morgan fingerprint density at radius 1 is 1.12 bits per heavy atom. The summed E-state index contributed by atoms with van der Waals surface area (Å²) in [5.41, 5.74) is 1.54. The van der Waals surface area contributed by atoms with Gasteiger partial charge in [-0.2, -0.15) is 0 Å². The minimum absolute atomic E-state index is 0.146. The first-order valence-electron chi connectivity index (χ1n) is 6.59. The highest BCUT2D eigenvalue weighted by atomic mass is 16.1. The van der Waals surface area contributed by atoms with E-state index < -0.39 is 0 Å². The zero-order valence-corrected chi connectivity index (χ0v) is 10.1. The lowest BCUT2D eigenvalue weighted by molar-refractivity contribution is -0.116. The fourth-order valence-corrected chi connectivity index (χ4v) is 3.55. The van der Waals surface area contributed by atoms with Gasteiger partial charge in [-0.15, -0.1) is 0 Å². The number of allylic oxidation sites excluding steroid dienone is 2. The number of ketones is 1. The molecule has 0 aromatic heterocycles. The monoisotopic (exact) mass is 226 g/mol. The van der Waals surface area contributed by atoms with Gasteiger partial charge < -0.3 is 0 Å². The quantitative estimate of drug-likeness (QED) is 0.714. The van der Waals surface area contributed by atoms with Crippen molar-refractivity contribution < 1.29 is 4.79 Å². The van der Waals surface area contributed by atoms with Gasteiger partial charge >= 0.3 is 0 Å². The predicted molar refractivity (Wildman–Crippen MR) is 68.8 cm³/mol. The maximum Gasteiger partial charge on any atom is 0.155 e. The van der Waals surface area contributed by atoms with Crippen molar-refractivity contribution in [3.8, 4) is 0 Å². The molecule has 0 saturated heterocycles. The third-order valence-corrected chi connectivity index (χ3v) is 4.45. The second-order valence-corrected chi connectivity index (χ2v) is 5.35. The van der Waals surface area contributed by atoms with Crippen molar-refractivity contribution in [3.05, 3.63) is 48.0 Å². The van der Waals surface area contributed by atoms with Crippen LogP contribution in [0, 0.1) is 5.92 Å². The number of carbonyl (C=O) groups excluding carboxylic acids is 1. The van der Waals surface area contributed by atoms with E-state index >= 15 is 0 Å². The van der Waals surface area contributed by atoms with E-state index in [1.165, 1.54) is 31.2 Å². The molecule has 0 N–H and O–H groups in total. The Morgan fingerprint density at radius 2 is 1.94 bits per heavy atom. The molecular formula is C16H18O. The average molecular weight is 226 g/mol. The smallest absolute Gasteiger partial charge is 0.155 e. The number of carbonyl (C=O) groups is 1. The predicted octanol–water partition coefficient (Wildman–Crippen LogP) is 3.64. The van der Waals surface area contributed by atoms with Crippen molar-refractivity contribution >= 4 is 5.78 Å². The van der Waals surface area contributed by atoms with Crippen LogP contribution in [-0.2, 0) is 10.2 Å². The summed E-state index contributed by atoms with van der Waals surface area (Å²) in [4.78, 5) is 11.6. The highest BCUT2D eigenvalue weighted by Gasteiger charge is 2.42. The van der Waals surface area contributed by atoms with E-state index in [2.05, 4.69) is 36.4 Å². The van der Waals surface area contributed by atoms with Crippen LogP contribution in [0.5, 0.6) is 0 Å². The van der Waals surface area contributed by atoms with Gasteiger partial charge in [0.25, 0.3) is 0 Å². The summed E-state index contributed by atoms with van der Waals surface area (Å²) in [7, 11) is 0. The molecule has 0 bridgehead atoms. The average Bonchev–Trinajstić information content (AvgIpc) is 2.40. The van der Waals surface area contributed by atoms with Gasteiger partial charge in [-0.1, -0.05) is 49.2 Å². The van der Waals surface area contributed by atoms with Crippen molar-refractivity contribution in [1.82, 2.24) is 0 Å². The van der Waals surface area contributed by atoms with Crippen LogP contribution in [0.2, 0.25) is 0 Å². The molecule has 17 heavy (non-hydrogen) atoms. The van der Waals surface area contributed by atoms with E-state index in [1.54, 1.807) is 0 Å². The second kappa shape index (κ2) is 4.14. The molecular weight excluding hydrogens is 208 g/mol. The molecule has 1 nitrogen and oxygen atoms in total. The fourth-order valence-electron chi connectivity index (χ4n) is 3.55. The van der Waals surface area contributed by atoms with Gasteiger partial charge in [0.15, 0.2) is 5.78 Å². The van der Waals surface area contributed by atoms with Gasteiger partial charge in [-0.3, -0.25) is 4.79 Å². The molecule has 88 valence electrons. The Bertz CT molecular complexity index is 446. The maximum absolute atomic E-state index is 11.6. The standard InChI is InChI=1S/C16H18O/c17-15-9-11-16(13-6-2-1-3-7-13)10-5-4-8-14(16)12-15/h1-3,6-7,9,11,14H,4-5,8,10,12H2/t14-,16-/m0/s1. The molecule has 2 aliphatic carbocycles. The molecule has 2 aliphatic rings. The van der Waals surface area contributed by atoms with E-state index in [4.69, 9.17) is 0 Å². The van der Waals surface area contributed by atoms with Gasteiger partial charge in [-0.05, 0) is 30.4 Å². The number of hydrogen-bond acceptors (Lipinski definition) is 1. The second-order valence-electron chi connectivity index (χ2n) is 5.35. The molecule has 0 heterocycles. The van der Waals surface area contributed by atoms with Crippen molar-refractivity contribution in [2.45, 2.75) is 37.5 Å². The van der Waals surface area contributed by atoms with E-state index in [0.29, 0.717) is 11.7 Å². The normalized spacial score (nSPS) is 32.2. The first-order chi connectivity index (χ1) is 8.31. The van der Waals surface area contributed by atoms with Crippen molar-refractivity contribution in [1.29, 1.82) is 0 Å². The minimum Gasteiger partial charge on any atom is -0.295 e. The van der Waals surface area contributed by atoms with Crippen LogP contribution < -0.4 is 0 Å². The summed E-state index contributed by atoms with van der Waals surface area (Å²) in [6.07, 6.45) is 9.71. The minimum atomic E-state index is 0.146. The van der Waals surface area contributed by atoms with Crippen LogP contribution in [-0.4, -0.2) is 5.78 Å². The Kier molecular flexibility index (Phi) is 2.62. The lowest BCUT2D eigenvalue weighted by Gasteiger charge is -2.44. The van der Waals surface area contributed by atoms with Crippen molar-refractivity contribution in [2.75, 3.05) is 0 Å². The summed E-state index contributed by atoms with van der Waals surface area (Å²) in [5, 5.41) is 0. The van der Waals surface area contributed by atoms with E-state index in [1.807, 2.05) is 6.08 Å². The highest BCUT2D eigenvalue weighted by Crippen LogP contribution is 2.48. The summed E-state index contributed by atoms with van der Waals surface area (Å²) in [5.74, 6) is 0.833. The first-order valence-corrected chi connectivity index (χ1v) is 6.59. The zero-order chi connectivity index (χ0) is 11.7. The molecule has 1 heteroatoms. The summed E-state index contributed by atoms with van der Waals surface area (Å²) in [6.45, 7) is 0. The summed E-state index contributed by atoms with van der Waals surface area (Å²) >= 11 is 0. The molecule has 1 aromatic carbocycles. The fraction of sp³-hybridized carbons (Fsp3) is 0.438. The van der Waals surface area contributed by atoms with Crippen LogP contribution in [0.1, 0.15) is 37.7 Å². The molecule has 0 radical (unpaired) electrons. The summed E-state index contributed by atoms with van der Waals surface area (Å²) in [6, 6.07) is 10.7. The topological polar surface area (TPSA) is 17.1 Å². The number of benzene rings is 1.